The molecule has 1 aliphatic heterocycles. The van der Waals surface area contributed by atoms with E-state index in [1.165, 1.54) is 4.31 Å². The van der Waals surface area contributed by atoms with Gasteiger partial charge in [-0.15, -0.1) is 0 Å². The van der Waals surface area contributed by atoms with Gasteiger partial charge in [-0.3, -0.25) is 4.79 Å². The highest BCUT2D eigenvalue weighted by Crippen LogP contribution is 2.20. The molecule has 1 aromatic carbocycles. The molecule has 0 aliphatic carbocycles. The Labute approximate surface area is 119 Å². The summed E-state index contributed by atoms with van der Waals surface area (Å²) in [4.78, 5) is 11.5. The van der Waals surface area contributed by atoms with Crippen LogP contribution in [-0.4, -0.2) is 38.3 Å². The number of benzene rings is 1. The summed E-state index contributed by atoms with van der Waals surface area (Å²) in [6.45, 7) is 2.64. The number of nitrogens with one attached hydrogen (secondary N) is 1. The van der Waals surface area contributed by atoms with Gasteiger partial charge in [-0.1, -0.05) is 12.1 Å². The summed E-state index contributed by atoms with van der Waals surface area (Å²) in [6.07, 6.45) is 0.187. The van der Waals surface area contributed by atoms with Crippen LogP contribution >= 0.6 is 0 Å². The quantitative estimate of drug-likeness (QED) is 0.834. The molecular formula is C13H19N3O3S. The number of nitrogens with zero attached hydrogens (tertiary/aromatic N) is 1. The number of carbonyl (C=O) groups is 1. The lowest BCUT2D eigenvalue weighted by atomic mass is 10.1. The second-order valence-corrected chi connectivity index (χ2v) is 6.80. The van der Waals surface area contributed by atoms with Crippen LogP contribution in [0.2, 0.25) is 0 Å². The molecule has 0 saturated carbocycles. The van der Waals surface area contributed by atoms with E-state index in [1.54, 1.807) is 31.2 Å². The molecule has 0 spiro atoms. The minimum atomic E-state index is -3.58. The molecule has 1 fully saturated rings. The number of sulfonamides is 1. The molecule has 1 saturated heterocycles. The molecule has 0 aromatic heterocycles. The lowest BCUT2D eigenvalue weighted by molar-refractivity contribution is -0.120. The van der Waals surface area contributed by atoms with E-state index in [9.17, 15) is 13.2 Å². The van der Waals surface area contributed by atoms with E-state index in [2.05, 4.69) is 5.32 Å². The minimum absolute atomic E-state index is 0.118. The highest BCUT2D eigenvalue weighted by atomic mass is 32.2. The van der Waals surface area contributed by atoms with E-state index in [0.717, 1.165) is 5.56 Å². The van der Waals surface area contributed by atoms with Crippen molar-refractivity contribution in [1.82, 2.24) is 9.62 Å². The maximum Gasteiger partial charge on any atom is 0.243 e. The number of hydrogen-bond acceptors (Lipinski definition) is 4. The first-order valence-electron chi connectivity index (χ1n) is 6.53. The maximum atomic E-state index is 12.6. The largest absolute Gasteiger partial charge is 0.355 e. The third kappa shape index (κ3) is 3.17. The summed E-state index contributed by atoms with van der Waals surface area (Å²) in [5.41, 5.74) is 6.56. The summed E-state index contributed by atoms with van der Waals surface area (Å²) < 4.78 is 26.5. The van der Waals surface area contributed by atoms with Gasteiger partial charge in [-0.2, -0.15) is 4.31 Å². The van der Waals surface area contributed by atoms with Gasteiger partial charge in [0.05, 0.1) is 4.90 Å². The Balaban J connectivity index is 2.29. The van der Waals surface area contributed by atoms with Gasteiger partial charge in [0.15, 0.2) is 0 Å². The first kappa shape index (κ1) is 15.0. The first-order chi connectivity index (χ1) is 9.41. The zero-order valence-electron chi connectivity index (χ0n) is 11.4. The second kappa shape index (κ2) is 5.90. The fourth-order valence-corrected chi connectivity index (χ4v) is 3.59. The van der Waals surface area contributed by atoms with Crippen molar-refractivity contribution in [3.8, 4) is 0 Å². The molecule has 6 nitrogen and oxygen atoms in total. The summed E-state index contributed by atoms with van der Waals surface area (Å²) in [7, 11) is -3.58. The predicted molar refractivity (Wildman–Crippen MR) is 75.4 cm³/mol. The first-order valence-corrected chi connectivity index (χ1v) is 7.97. The Morgan fingerprint density at radius 1 is 1.35 bits per heavy atom. The fourth-order valence-electron chi connectivity index (χ4n) is 2.09. The maximum absolute atomic E-state index is 12.6. The van der Waals surface area contributed by atoms with Gasteiger partial charge in [-0.25, -0.2) is 8.42 Å². The lowest BCUT2D eigenvalue weighted by Crippen LogP contribution is -2.34. The summed E-state index contributed by atoms with van der Waals surface area (Å²) in [5.74, 6) is -0.118. The zero-order chi connectivity index (χ0) is 14.8. The molecule has 7 heteroatoms. The Hall–Kier alpha value is -1.44. The molecule has 1 heterocycles. The number of rotatable bonds is 3. The van der Waals surface area contributed by atoms with Crippen LogP contribution in [0.4, 0.5) is 0 Å². The SMILES string of the molecule is CC(N)c1cccc(S(=O)(=O)N2CCNC(=O)CC2)c1. The van der Waals surface area contributed by atoms with Crippen LogP contribution in [0.25, 0.3) is 0 Å². The predicted octanol–water partition coefficient (Wildman–Crippen LogP) is 0.217. The number of nitrogens with two attached hydrogens (primary N) is 1. The van der Waals surface area contributed by atoms with Crippen molar-refractivity contribution in [2.75, 3.05) is 19.6 Å². The average molecular weight is 297 g/mol. The minimum Gasteiger partial charge on any atom is -0.355 e. The molecule has 1 aromatic rings. The molecule has 1 unspecified atom stereocenters. The average Bonchev–Trinajstić information content (AvgIpc) is 2.64. The Morgan fingerprint density at radius 2 is 2.10 bits per heavy atom. The molecular weight excluding hydrogens is 278 g/mol. The molecule has 1 aliphatic rings. The third-order valence-electron chi connectivity index (χ3n) is 3.29. The van der Waals surface area contributed by atoms with Crippen molar-refractivity contribution < 1.29 is 13.2 Å². The van der Waals surface area contributed by atoms with Crippen molar-refractivity contribution in [2.24, 2.45) is 5.73 Å². The number of hydrogen-bond donors (Lipinski definition) is 2. The smallest absolute Gasteiger partial charge is 0.243 e. The van der Waals surface area contributed by atoms with E-state index < -0.39 is 10.0 Å². The van der Waals surface area contributed by atoms with E-state index >= 15 is 0 Å². The van der Waals surface area contributed by atoms with Crippen LogP contribution in [0.3, 0.4) is 0 Å². The Bertz CT molecular complexity index is 599. The van der Waals surface area contributed by atoms with Crippen molar-refractivity contribution in [3.63, 3.8) is 0 Å². The van der Waals surface area contributed by atoms with Crippen LogP contribution in [-0.2, 0) is 14.8 Å². The molecule has 0 radical (unpaired) electrons. The Morgan fingerprint density at radius 3 is 2.80 bits per heavy atom. The summed E-state index contributed by atoms with van der Waals surface area (Å²) >= 11 is 0. The summed E-state index contributed by atoms with van der Waals surface area (Å²) in [6, 6.07) is 6.42. The number of amides is 1. The molecule has 3 N–H and O–H groups in total. The highest BCUT2D eigenvalue weighted by molar-refractivity contribution is 7.89. The fraction of sp³-hybridized carbons (Fsp3) is 0.462. The van der Waals surface area contributed by atoms with Crippen LogP contribution in [0, 0.1) is 0 Å². The molecule has 1 amide bonds. The monoisotopic (exact) mass is 297 g/mol. The topological polar surface area (TPSA) is 92.5 Å². The van der Waals surface area contributed by atoms with Crippen molar-refractivity contribution in [3.05, 3.63) is 29.8 Å². The van der Waals surface area contributed by atoms with Gasteiger partial charge < -0.3 is 11.1 Å². The highest BCUT2D eigenvalue weighted by Gasteiger charge is 2.26. The van der Waals surface area contributed by atoms with Crippen molar-refractivity contribution in [1.29, 1.82) is 0 Å². The van der Waals surface area contributed by atoms with Crippen molar-refractivity contribution in [2.45, 2.75) is 24.3 Å². The van der Waals surface area contributed by atoms with Crippen molar-refractivity contribution >= 4 is 15.9 Å². The molecule has 0 bridgehead atoms. The zero-order valence-corrected chi connectivity index (χ0v) is 12.2. The van der Waals surface area contributed by atoms with Gasteiger partial charge in [-0.05, 0) is 24.6 Å². The van der Waals surface area contributed by atoms with E-state index in [1.807, 2.05) is 0 Å². The van der Waals surface area contributed by atoms with Crippen LogP contribution < -0.4 is 11.1 Å². The number of carbonyl (C=O) groups excluding carboxylic acids is 1. The Kier molecular flexibility index (Phi) is 4.42. The van der Waals surface area contributed by atoms with Crippen LogP contribution in [0.15, 0.2) is 29.2 Å². The van der Waals surface area contributed by atoms with Crippen LogP contribution in [0.5, 0.6) is 0 Å². The van der Waals surface area contributed by atoms with Gasteiger partial charge in [0, 0.05) is 32.1 Å². The second-order valence-electron chi connectivity index (χ2n) is 4.87. The summed E-state index contributed by atoms with van der Waals surface area (Å²) in [5, 5.41) is 2.66. The van der Waals surface area contributed by atoms with Gasteiger partial charge in [0.2, 0.25) is 15.9 Å². The van der Waals surface area contributed by atoms with E-state index in [-0.39, 0.29) is 36.4 Å². The standard InChI is InChI=1S/C13H19N3O3S/c1-10(14)11-3-2-4-12(9-11)20(18,19)16-7-5-13(17)15-6-8-16/h2-4,9-10H,5-8,14H2,1H3,(H,15,17). The molecule has 1 atom stereocenters. The van der Waals surface area contributed by atoms with Crippen LogP contribution in [0.1, 0.15) is 24.9 Å². The van der Waals surface area contributed by atoms with Gasteiger partial charge in [0.25, 0.3) is 0 Å². The van der Waals surface area contributed by atoms with E-state index in [4.69, 9.17) is 5.73 Å². The lowest BCUT2D eigenvalue weighted by Gasteiger charge is -2.20. The molecule has 110 valence electrons. The normalized spacial score (nSPS) is 19.2. The van der Waals surface area contributed by atoms with Gasteiger partial charge in [0.1, 0.15) is 0 Å². The molecule has 2 rings (SSSR count). The third-order valence-corrected chi connectivity index (χ3v) is 5.19. The van der Waals surface area contributed by atoms with Gasteiger partial charge >= 0.3 is 0 Å². The van der Waals surface area contributed by atoms with E-state index in [0.29, 0.717) is 6.54 Å². The molecule has 20 heavy (non-hydrogen) atoms.